The van der Waals surface area contributed by atoms with Gasteiger partial charge in [-0.1, -0.05) is 23.2 Å². The third-order valence-corrected chi connectivity index (χ3v) is 5.89. The normalized spacial score (nSPS) is 13.1. The number of halogens is 5. The third-order valence-electron chi connectivity index (χ3n) is 5.34. The van der Waals surface area contributed by atoms with Crippen LogP contribution >= 0.6 is 23.2 Å². The van der Waals surface area contributed by atoms with Crippen LogP contribution in [0.2, 0.25) is 10.0 Å². The molecule has 0 fully saturated rings. The van der Waals surface area contributed by atoms with Crippen LogP contribution in [-0.4, -0.2) is 63.6 Å². The van der Waals surface area contributed by atoms with Gasteiger partial charge in [0.25, 0.3) is 0 Å². The van der Waals surface area contributed by atoms with Crippen LogP contribution in [0.25, 0.3) is 17.2 Å². The van der Waals surface area contributed by atoms with E-state index in [2.05, 4.69) is 25.5 Å². The summed E-state index contributed by atoms with van der Waals surface area (Å²) in [5, 5.41) is 22.0. The fourth-order valence-corrected chi connectivity index (χ4v) is 3.78. The molecule has 3 aromatic heterocycles. The van der Waals surface area contributed by atoms with E-state index in [0.717, 1.165) is 9.25 Å². The average Bonchev–Trinajstić information content (AvgIpc) is 3.39. The molecule has 4 rings (SSSR count). The van der Waals surface area contributed by atoms with Crippen molar-refractivity contribution in [2.75, 3.05) is 11.9 Å². The Morgan fingerprint density at radius 2 is 1.82 bits per heavy atom. The molecule has 0 spiro atoms. The van der Waals surface area contributed by atoms with Gasteiger partial charge in [0.15, 0.2) is 23.6 Å². The zero-order chi connectivity index (χ0) is 28.5. The number of nitrogens with two attached hydrogens (primary N) is 1. The highest BCUT2D eigenvalue weighted by molar-refractivity contribution is 6.32. The van der Waals surface area contributed by atoms with Gasteiger partial charge in [-0.3, -0.25) is 4.57 Å². The van der Waals surface area contributed by atoms with Crippen LogP contribution in [0.15, 0.2) is 47.4 Å². The van der Waals surface area contributed by atoms with E-state index < -0.39 is 30.1 Å². The van der Waals surface area contributed by atoms with Crippen molar-refractivity contribution in [3.8, 4) is 17.2 Å². The highest BCUT2D eigenvalue weighted by atomic mass is 35.5. The Morgan fingerprint density at radius 3 is 2.44 bits per heavy atom. The molecule has 11 nitrogen and oxygen atoms in total. The van der Waals surface area contributed by atoms with Gasteiger partial charge in [0.1, 0.15) is 6.54 Å². The smallest absolute Gasteiger partial charge is 0.382 e. The number of aromatic nitrogens is 7. The van der Waals surface area contributed by atoms with Crippen LogP contribution in [-0.2, 0) is 13.1 Å². The Kier molecular flexibility index (Phi) is 8.02. The first kappa shape index (κ1) is 28.5. The summed E-state index contributed by atoms with van der Waals surface area (Å²) in [6.07, 6.45) is -6.23. The summed E-state index contributed by atoms with van der Waals surface area (Å²) in [6, 6.07) is 9.25. The van der Waals surface area contributed by atoms with Gasteiger partial charge in [-0.2, -0.15) is 22.8 Å². The first-order valence-electron chi connectivity index (χ1n) is 11.5. The molecule has 0 aliphatic rings. The van der Waals surface area contributed by atoms with Crippen molar-refractivity contribution in [2.45, 2.75) is 44.8 Å². The Balaban J connectivity index is 1.76. The summed E-state index contributed by atoms with van der Waals surface area (Å²) < 4.78 is 42.4. The number of alkyl halides is 3. The summed E-state index contributed by atoms with van der Waals surface area (Å²) >= 11 is 12.2. The van der Waals surface area contributed by atoms with Crippen LogP contribution in [0.4, 0.5) is 19.1 Å². The van der Waals surface area contributed by atoms with E-state index in [4.69, 9.17) is 28.9 Å². The minimum atomic E-state index is -4.95. The Labute approximate surface area is 230 Å². The van der Waals surface area contributed by atoms with Crippen molar-refractivity contribution in [2.24, 2.45) is 5.73 Å². The second-order valence-electron chi connectivity index (χ2n) is 9.35. The molecule has 0 aliphatic carbocycles. The van der Waals surface area contributed by atoms with E-state index in [1.54, 1.807) is 26.0 Å². The monoisotopic (exact) mass is 585 g/mol. The molecular weight excluding hydrogens is 562 g/mol. The number of hydrogen-bond donors (Lipinski definition) is 3. The molecule has 4 aromatic rings. The quantitative estimate of drug-likeness (QED) is 0.272. The topological polar surface area (TPSA) is 142 Å². The molecule has 4 N–H and O–H groups in total. The molecule has 0 amide bonds. The molecule has 0 saturated heterocycles. The molecule has 0 radical (unpaired) electrons. The van der Waals surface area contributed by atoms with Gasteiger partial charge in [-0.05, 0) is 50.2 Å². The van der Waals surface area contributed by atoms with Gasteiger partial charge in [-0.15, -0.1) is 10.2 Å². The minimum Gasteiger partial charge on any atom is -0.382 e. The molecule has 39 heavy (non-hydrogen) atoms. The van der Waals surface area contributed by atoms with Crippen LogP contribution in [0, 0.1) is 0 Å². The lowest BCUT2D eigenvalue weighted by molar-refractivity contribution is -0.207. The number of aliphatic hydroxyl groups is 1. The third kappa shape index (κ3) is 6.76. The van der Waals surface area contributed by atoms with Gasteiger partial charge >= 0.3 is 11.9 Å². The fraction of sp³-hybridized carbons (Fsp3) is 0.348. The zero-order valence-electron chi connectivity index (χ0n) is 20.7. The fourth-order valence-electron chi connectivity index (χ4n) is 3.46. The average molecular weight is 586 g/mol. The van der Waals surface area contributed by atoms with Crippen molar-refractivity contribution in [3.05, 3.63) is 68.9 Å². The highest BCUT2D eigenvalue weighted by Gasteiger charge is 2.39. The predicted octanol–water partition coefficient (Wildman–Crippen LogP) is 3.12. The predicted molar refractivity (Wildman–Crippen MR) is 139 cm³/mol. The number of pyridine rings is 1. The van der Waals surface area contributed by atoms with Gasteiger partial charge in [0.2, 0.25) is 5.95 Å². The molecule has 0 unspecified atom stereocenters. The number of rotatable bonds is 9. The molecule has 1 aromatic carbocycles. The Hall–Kier alpha value is -3.46. The first-order chi connectivity index (χ1) is 18.2. The molecular formula is C23H24Cl2F3N9O2. The van der Waals surface area contributed by atoms with E-state index in [0.29, 0.717) is 17.1 Å². The zero-order valence-corrected chi connectivity index (χ0v) is 22.2. The van der Waals surface area contributed by atoms with Crippen LogP contribution in [0.1, 0.15) is 19.7 Å². The van der Waals surface area contributed by atoms with E-state index in [1.165, 1.54) is 35.1 Å². The number of aliphatic hydroxyl groups excluding tert-OH is 1. The maximum atomic E-state index is 13.2. The SMILES string of the molecule is CC(C)(N)CNc1nc(Cn2nc(-c3ccc(Cl)cc3)n(C[C@H](O)C(F)(F)F)c2=O)nn1-c1ncccc1Cl. The summed E-state index contributed by atoms with van der Waals surface area (Å²) in [7, 11) is 0. The second-order valence-corrected chi connectivity index (χ2v) is 10.2. The van der Waals surface area contributed by atoms with Crippen molar-refractivity contribution >= 4 is 29.2 Å². The molecule has 3 heterocycles. The number of nitrogens with one attached hydrogen (secondary N) is 1. The molecule has 16 heteroatoms. The number of anilines is 1. The molecule has 0 aliphatic heterocycles. The first-order valence-corrected chi connectivity index (χ1v) is 12.3. The maximum Gasteiger partial charge on any atom is 0.416 e. The van der Waals surface area contributed by atoms with Crippen LogP contribution in [0.5, 0.6) is 0 Å². The summed E-state index contributed by atoms with van der Waals surface area (Å²) in [6.45, 7) is 2.52. The summed E-state index contributed by atoms with van der Waals surface area (Å²) in [5.41, 5.74) is 4.87. The molecule has 0 bridgehead atoms. The van der Waals surface area contributed by atoms with Gasteiger partial charge < -0.3 is 16.2 Å². The van der Waals surface area contributed by atoms with E-state index >= 15 is 0 Å². The van der Waals surface area contributed by atoms with E-state index in [1.807, 2.05) is 0 Å². The van der Waals surface area contributed by atoms with Crippen LogP contribution in [0.3, 0.4) is 0 Å². The van der Waals surface area contributed by atoms with Crippen molar-refractivity contribution in [1.82, 2.24) is 34.1 Å². The van der Waals surface area contributed by atoms with Crippen molar-refractivity contribution in [1.29, 1.82) is 0 Å². The standard InChI is InChI=1S/C23H24Cl2F3N9O2/c1-22(2,29)12-31-20-32-17(33-37(20)19-15(25)4-3-9-30-19)11-36-21(39)35(10-16(38)23(26,27)28)18(34-36)13-5-7-14(24)8-6-13/h3-9,16,38H,10-12,29H2,1-2H3,(H,31,32,33)/t16-/m0/s1. The lowest BCUT2D eigenvalue weighted by atomic mass is 10.1. The lowest BCUT2D eigenvalue weighted by Crippen LogP contribution is -2.40. The van der Waals surface area contributed by atoms with Crippen LogP contribution < -0.4 is 16.7 Å². The van der Waals surface area contributed by atoms with E-state index in [9.17, 15) is 23.1 Å². The second kappa shape index (κ2) is 11.0. The molecule has 0 saturated carbocycles. The van der Waals surface area contributed by atoms with Crippen molar-refractivity contribution in [3.63, 3.8) is 0 Å². The molecule has 1 atom stereocenters. The summed E-state index contributed by atoms with van der Waals surface area (Å²) in [4.78, 5) is 21.9. The minimum absolute atomic E-state index is 0.0832. The van der Waals surface area contributed by atoms with Gasteiger partial charge in [-0.25, -0.2) is 14.5 Å². The Bertz CT molecular complexity index is 1510. The lowest BCUT2D eigenvalue weighted by Gasteiger charge is -2.19. The highest BCUT2D eigenvalue weighted by Crippen LogP contribution is 2.25. The molecule has 208 valence electrons. The Morgan fingerprint density at radius 1 is 1.13 bits per heavy atom. The van der Waals surface area contributed by atoms with Gasteiger partial charge in [0, 0.05) is 28.9 Å². The number of nitrogens with zero attached hydrogens (tertiary/aromatic N) is 7. The number of hydrogen-bond acceptors (Lipinski definition) is 8. The van der Waals surface area contributed by atoms with Gasteiger partial charge in [0.05, 0.1) is 11.6 Å². The number of benzene rings is 1. The van der Waals surface area contributed by atoms with E-state index in [-0.39, 0.29) is 35.0 Å². The van der Waals surface area contributed by atoms with Crippen molar-refractivity contribution < 1.29 is 18.3 Å². The largest absolute Gasteiger partial charge is 0.416 e. The maximum absolute atomic E-state index is 13.2. The summed E-state index contributed by atoms with van der Waals surface area (Å²) in [5.74, 6) is 0.459.